The number of aromatic nitrogens is 4. The molecule has 2 heterocycles. The molecule has 13 heteroatoms. The Labute approximate surface area is 198 Å². The minimum Gasteiger partial charge on any atom is -0.388 e. The van der Waals surface area contributed by atoms with Crippen molar-refractivity contribution in [3.63, 3.8) is 0 Å². The second-order valence-corrected chi connectivity index (χ2v) is 8.07. The molecule has 0 fully saturated rings. The van der Waals surface area contributed by atoms with Gasteiger partial charge in [0, 0.05) is 30.7 Å². The van der Waals surface area contributed by atoms with E-state index in [-0.39, 0.29) is 46.6 Å². The first-order chi connectivity index (χ1) is 16.4. The van der Waals surface area contributed by atoms with Gasteiger partial charge < -0.3 is 5.11 Å². The van der Waals surface area contributed by atoms with E-state index in [0.717, 1.165) is 16.0 Å². The van der Waals surface area contributed by atoms with Crippen molar-refractivity contribution in [1.82, 2.24) is 25.1 Å². The van der Waals surface area contributed by atoms with E-state index in [1.807, 2.05) is 0 Å². The first-order valence-electron chi connectivity index (χ1n) is 10.7. The van der Waals surface area contributed by atoms with Crippen LogP contribution in [0.15, 0.2) is 17.2 Å². The van der Waals surface area contributed by atoms with Crippen molar-refractivity contribution in [2.45, 2.75) is 39.8 Å². The molecule has 0 aliphatic heterocycles. The predicted octanol–water partition coefficient (Wildman–Crippen LogP) is 3.83. The third kappa shape index (κ3) is 5.09. The van der Waals surface area contributed by atoms with Crippen LogP contribution in [0, 0.1) is 12.7 Å². The van der Waals surface area contributed by atoms with E-state index in [0.29, 0.717) is 17.5 Å². The number of amidine groups is 1. The molecular weight excluding hydrogens is 470 g/mol. The molecule has 0 spiro atoms. The number of aliphatic hydroxyl groups excluding tert-OH is 1. The number of halogens is 4. The topological polar surface area (TPSA) is 111 Å². The van der Waals surface area contributed by atoms with Crippen molar-refractivity contribution in [1.29, 1.82) is 0 Å². The number of benzene rings is 1. The summed E-state index contributed by atoms with van der Waals surface area (Å²) in [5.41, 5.74) is -0.806. The monoisotopic (exact) mass is 495 g/mol. The lowest BCUT2D eigenvalue weighted by atomic mass is 10.0. The maximum absolute atomic E-state index is 15.1. The Bertz CT molecular complexity index is 1270. The largest absolute Gasteiger partial charge is 0.435 e. The zero-order valence-corrected chi connectivity index (χ0v) is 19.8. The van der Waals surface area contributed by atoms with Crippen LogP contribution in [0.5, 0.6) is 0 Å². The van der Waals surface area contributed by atoms with Gasteiger partial charge in [-0.15, -0.1) is 0 Å². The fraction of sp³-hybridized carbons (Fsp3) is 0.409. The molecule has 0 saturated carbocycles. The zero-order valence-electron chi connectivity index (χ0n) is 19.8. The van der Waals surface area contributed by atoms with E-state index in [1.54, 1.807) is 20.8 Å². The van der Waals surface area contributed by atoms with E-state index < -0.39 is 24.3 Å². The van der Waals surface area contributed by atoms with Crippen LogP contribution in [0.25, 0.3) is 22.3 Å². The van der Waals surface area contributed by atoms with Crippen LogP contribution in [-0.2, 0) is 11.0 Å². The van der Waals surface area contributed by atoms with Gasteiger partial charge in [-0.2, -0.15) is 23.4 Å². The number of amides is 1. The third-order valence-corrected chi connectivity index (χ3v) is 5.33. The Balaban J connectivity index is 2.21. The summed E-state index contributed by atoms with van der Waals surface area (Å²) in [6.07, 6.45) is -4.23. The van der Waals surface area contributed by atoms with Crippen LogP contribution in [0.2, 0.25) is 0 Å². The summed E-state index contributed by atoms with van der Waals surface area (Å²) in [5.74, 6) is -1.21. The van der Waals surface area contributed by atoms with Crippen molar-refractivity contribution in [3.05, 3.63) is 35.0 Å². The summed E-state index contributed by atoms with van der Waals surface area (Å²) in [4.78, 5) is 21.0. The second-order valence-electron chi connectivity index (χ2n) is 8.07. The fourth-order valence-electron chi connectivity index (χ4n) is 3.59. The summed E-state index contributed by atoms with van der Waals surface area (Å²) >= 11 is 0. The highest BCUT2D eigenvalue weighted by Gasteiger charge is 2.39. The molecule has 0 aliphatic carbocycles. The molecule has 2 N–H and O–H groups in total. The summed E-state index contributed by atoms with van der Waals surface area (Å²) in [5, 5.41) is 21.0. The van der Waals surface area contributed by atoms with Gasteiger partial charge in [0.2, 0.25) is 6.41 Å². The van der Waals surface area contributed by atoms with Crippen molar-refractivity contribution >= 4 is 28.8 Å². The van der Waals surface area contributed by atoms with Gasteiger partial charge in [0.15, 0.2) is 23.2 Å². The van der Waals surface area contributed by atoms with Gasteiger partial charge in [0.05, 0.1) is 22.5 Å². The van der Waals surface area contributed by atoms with Gasteiger partial charge in [-0.25, -0.2) is 14.4 Å². The van der Waals surface area contributed by atoms with Gasteiger partial charge in [-0.1, -0.05) is 13.8 Å². The van der Waals surface area contributed by atoms with E-state index in [9.17, 15) is 23.1 Å². The number of carbonyl (C=O) groups excluding carboxylic acids is 1. The molecule has 1 aromatic carbocycles. The van der Waals surface area contributed by atoms with Gasteiger partial charge in [0.1, 0.15) is 6.61 Å². The second kappa shape index (κ2) is 9.94. The lowest BCUT2D eigenvalue weighted by molar-refractivity contribution is -0.140. The minimum absolute atomic E-state index is 0.000811. The number of alkyl halides is 3. The van der Waals surface area contributed by atoms with Crippen molar-refractivity contribution in [2.24, 2.45) is 5.10 Å². The van der Waals surface area contributed by atoms with Gasteiger partial charge >= 0.3 is 6.18 Å². The van der Waals surface area contributed by atoms with Crippen LogP contribution in [0.3, 0.4) is 0 Å². The fourth-order valence-corrected chi connectivity index (χ4v) is 3.59. The molecule has 0 saturated heterocycles. The summed E-state index contributed by atoms with van der Waals surface area (Å²) in [6, 6.07) is 2.53. The Kier molecular flexibility index (Phi) is 7.38. The number of nitrogens with zero attached hydrogens (tertiary/aromatic N) is 6. The summed E-state index contributed by atoms with van der Waals surface area (Å²) in [6.45, 7) is 6.41. The molecule has 0 bridgehead atoms. The number of H-pyrrole nitrogens is 1. The quantitative estimate of drug-likeness (QED) is 0.170. The molecule has 3 rings (SSSR count). The highest BCUT2D eigenvalue weighted by molar-refractivity contribution is 5.92. The lowest BCUT2D eigenvalue weighted by Crippen LogP contribution is -2.34. The average molecular weight is 495 g/mol. The van der Waals surface area contributed by atoms with Gasteiger partial charge in [-0.05, 0) is 25.8 Å². The van der Waals surface area contributed by atoms with Crippen molar-refractivity contribution in [3.8, 4) is 11.4 Å². The zero-order chi connectivity index (χ0) is 26.1. The SMILES string of the molecule is CCN(C=O)/C(CO)=N\N(C)c1cc2c(C(C)C)nc(-c3c(C(F)(F)F)n[nH]c3C)nc2cc1F. The number of hydrogen-bond donors (Lipinski definition) is 2. The minimum atomic E-state index is -4.73. The maximum Gasteiger partial charge on any atom is 0.435 e. The normalized spacial score (nSPS) is 12.5. The molecule has 188 valence electrons. The Morgan fingerprint density at radius 2 is 1.97 bits per heavy atom. The van der Waals surface area contributed by atoms with Crippen LogP contribution >= 0.6 is 0 Å². The molecule has 0 atom stereocenters. The number of aryl methyl sites for hydroxylation is 1. The van der Waals surface area contributed by atoms with Gasteiger partial charge in [-0.3, -0.25) is 19.8 Å². The smallest absolute Gasteiger partial charge is 0.388 e. The van der Waals surface area contributed by atoms with Crippen LogP contribution < -0.4 is 5.01 Å². The molecular formula is C22H25F4N7O2. The first kappa shape index (κ1) is 26.0. The molecule has 2 aromatic heterocycles. The highest BCUT2D eigenvalue weighted by atomic mass is 19.4. The first-order valence-corrected chi connectivity index (χ1v) is 10.7. The third-order valence-electron chi connectivity index (χ3n) is 5.33. The number of hydrazone groups is 1. The van der Waals surface area contributed by atoms with E-state index >= 15 is 4.39 Å². The van der Waals surface area contributed by atoms with E-state index in [2.05, 4.69) is 25.3 Å². The molecule has 35 heavy (non-hydrogen) atoms. The van der Waals surface area contributed by atoms with Crippen LogP contribution in [0.1, 0.15) is 43.8 Å². The molecule has 0 aliphatic rings. The standard InChI is InChI=1S/C22H25F4N7O2/c1-6-33(10-35)17(9-34)31-32(5)16-7-13-15(8-14(16)23)27-21(28-19(13)11(2)3)18-12(4)29-30-20(18)22(24,25)26/h7-8,10-11,34H,6,9H2,1-5H3,(H,29,30)/b31-17-. The number of fused-ring (bicyclic) bond motifs is 1. The number of aliphatic hydroxyl groups is 1. The van der Waals surface area contributed by atoms with Crippen LogP contribution in [-0.4, -0.2) is 62.6 Å². The van der Waals surface area contributed by atoms with E-state index in [1.165, 1.54) is 20.0 Å². The van der Waals surface area contributed by atoms with Crippen LogP contribution in [0.4, 0.5) is 23.2 Å². The molecule has 3 aromatic rings. The Morgan fingerprint density at radius 3 is 2.51 bits per heavy atom. The van der Waals surface area contributed by atoms with E-state index in [4.69, 9.17) is 0 Å². The molecule has 0 unspecified atom stereocenters. The maximum atomic E-state index is 15.1. The molecule has 0 radical (unpaired) electrons. The lowest BCUT2D eigenvalue weighted by Gasteiger charge is -2.21. The number of hydrogen-bond acceptors (Lipinski definition) is 7. The number of carbonyl (C=O) groups is 1. The Hall–Kier alpha value is -3.61. The average Bonchev–Trinajstić information content (AvgIpc) is 3.19. The number of rotatable bonds is 7. The molecule has 1 amide bonds. The summed E-state index contributed by atoms with van der Waals surface area (Å²) in [7, 11) is 1.44. The predicted molar refractivity (Wildman–Crippen MR) is 122 cm³/mol. The van der Waals surface area contributed by atoms with Gasteiger partial charge in [0.25, 0.3) is 0 Å². The number of likely N-dealkylation sites (N-methyl/N-ethyl adjacent to an activating group) is 1. The highest BCUT2D eigenvalue weighted by Crippen LogP contribution is 2.38. The number of aromatic amines is 1. The van der Waals surface area contributed by atoms with Crippen molar-refractivity contribution in [2.75, 3.05) is 25.2 Å². The Morgan fingerprint density at radius 1 is 1.29 bits per heavy atom. The molecule has 9 nitrogen and oxygen atoms in total. The summed E-state index contributed by atoms with van der Waals surface area (Å²) < 4.78 is 55.7. The number of anilines is 1. The van der Waals surface area contributed by atoms with Crippen molar-refractivity contribution < 1.29 is 27.5 Å². The number of nitrogens with one attached hydrogen (secondary N) is 1.